The quantitative estimate of drug-likeness (QED) is 0.0680. The molecule has 0 saturated carbocycles. The Balaban J connectivity index is 3.09. The zero-order valence-electron chi connectivity index (χ0n) is 25.6. The van der Waals surface area contributed by atoms with Gasteiger partial charge in [-0.05, 0) is 18.4 Å². The number of carboxylic acids is 1. The molecule has 0 bridgehead atoms. The van der Waals surface area contributed by atoms with E-state index in [0.29, 0.717) is 5.56 Å². The van der Waals surface area contributed by atoms with Crippen molar-refractivity contribution < 1.29 is 48.6 Å². The number of carbonyl (C=O) groups is 8. The summed E-state index contributed by atoms with van der Waals surface area (Å²) in [5, 5.41) is 30.7. The van der Waals surface area contributed by atoms with Gasteiger partial charge in [-0.1, -0.05) is 44.2 Å². The molecule has 6 atom stereocenters. The van der Waals surface area contributed by atoms with Gasteiger partial charge in [0.2, 0.25) is 41.4 Å². The van der Waals surface area contributed by atoms with Crippen molar-refractivity contribution in [3.63, 3.8) is 0 Å². The molecule has 46 heavy (non-hydrogen) atoms. The Morgan fingerprint density at radius 3 is 1.70 bits per heavy atom. The smallest absolute Gasteiger partial charge is 0.326 e. The molecule has 0 aliphatic heterocycles. The zero-order valence-corrected chi connectivity index (χ0v) is 25.6. The second kappa shape index (κ2) is 18.6. The highest BCUT2D eigenvalue weighted by molar-refractivity contribution is 5.97. The molecule has 1 rings (SSSR count). The van der Waals surface area contributed by atoms with E-state index in [-0.39, 0.29) is 6.42 Å². The molecule has 0 spiro atoms. The summed E-state index contributed by atoms with van der Waals surface area (Å²) in [6, 6.07) is -0.0920. The van der Waals surface area contributed by atoms with Gasteiger partial charge < -0.3 is 54.0 Å². The molecule has 1 aromatic carbocycles. The van der Waals surface area contributed by atoms with Crippen molar-refractivity contribution in [2.75, 3.05) is 6.61 Å². The summed E-state index contributed by atoms with van der Waals surface area (Å²) >= 11 is 0. The van der Waals surface area contributed by atoms with Crippen LogP contribution in [0.25, 0.3) is 0 Å². The second-order valence-electron chi connectivity index (χ2n) is 10.8. The molecule has 0 heterocycles. The molecular formula is C28H42N8O10. The number of amides is 7. The predicted octanol–water partition coefficient (Wildman–Crippen LogP) is -4.52. The van der Waals surface area contributed by atoms with Gasteiger partial charge in [-0.3, -0.25) is 33.6 Å². The number of hydrogen-bond donors (Lipinski definition) is 10. The number of nitrogens with two attached hydrogens (primary N) is 3. The lowest BCUT2D eigenvalue weighted by Gasteiger charge is -2.27. The Hall–Kier alpha value is -5.10. The molecule has 6 unspecified atom stereocenters. The average molecular weight is 651 g/mol. The number of carbonyl (C=O) groups excluding carboxylic acids is 7. The lowest BCUT2D eigenvalue weighted by Crippen LogP contribution is -2.60. The van der Waals surface area contributed by atoms with Crippen LogP contribution < -0.4 is 43.8 Å². The summed E-state index contributed by atoms with van der Waals surface area (Å²) in [6.07, 6.45) is -1.26. The lowest BCUT2D eigenvalue weighted by molar-refractivity contribution is -0.143. The topological polar surface area (TPSA) is 315 Å². The molecule has 0 aliphatic rings. The second-order valence-corrected chi connectivity index (χ2v) is 10.8. The Labute approximate surface area is 264 Å². The normalized spacial score (nSPS) is 14.7. The number of hydrogen-bond acceptors (Lipinski definition) is 10. The Morgan fingerprint density at radius 1 is 0.674 bits per heavy atom. The van der Waals surface area contributed by atoms with E-state index in [1.165, 1.54) is 6.92 Å². The number of aliphatic hydroxyl groups excluding tert-OH is 1. The first-order valence-electron chi connectivity index (χ1n) is 14.2. The fraction of sp³-hybridized carbons (Fsp3) is 0.500. The Morgan fingerprint density at radius 2 is 1.20 bits per heavy atom. The van der Waals surface area contributed by atoms with Gasteiger partial charge in [-0.2, -0.15) is 0 Å². The minimum Gasteiger partial charge on any atom is -0.480 e. The number of primary amides is 2. The fourth-order valence-electron chi connectivity index (χ4n) is 3.97. The number of aliphatic carboxylic acids is 1. The van der Waals surface area contributed by atoms with Crippen LogP contribution in [0.15, 0.2) is 30.3 Å². The summed E-state index contributed by atoms with van der Waals surface area (Å²) in [4.78, 5) is 98.0. The van der Waals surface area contributed by atoms with Gasteiger partial charge in [0.25, 0.3) is 0 Å². The van der Waals surface area contributed by atoms with E-state index in [0.717, 1.165) is 0 Å². The third-order valence-electron chi connectivity index (χ3n) is 6.51. The first-order valence-corrected chi connectivity index (χ1v) is 14.2. The number of rotatable bonds is 19. The molecule has 18 heteroatoms. The minimum atomic E-state index is -1.64. The fourth-order valence-corrected chi connectivity index (χ4v) is 3.97. The van der Waals surface area contributed by atoms with E-state index in [2.05, 4.69) is 26.6 Å². The van der Waals surface area contributed by atoms with Crippen LogP contribution in [0.5, 0.6) is 0 Å². The van der Waals surface area contributed by atoms with Crippen LogP contribution in [-0.2, 0) is 44.8 Å². The van der Waals surface area contributed by atoms with Crippen molar-refractivity contribution >= 4 is 47.3 Å². The highest BCUT2D eigenvalue weighted by atomic mass is 16.4. The lowest BCUT2D eigenvalue weighted by atomic mass is 10.0. The molecule has 0 aromatic heterocycles. The molecule has 18 nitrogen and oxygen atoms in total. The van der Waals surface area contributed by atoms with Crippen LogP contribution in [0.1, 0.15) is 39.2 Å². The number of benzene rings is 1. The molecule has 1 aromatic rings. The molecule has 0 aliphatic carbocycles. The molecule has 0 radical (unpaired) electrons. The van der Waals surface area contributed by atoms with Gasteiger partial charge in [0.15, 0.2) is 0 Å². The van der Waals surface area contributed by atoms with E-state index in [4.69, 9.17) is 17.2 Å². The maximum absolute atomic E-state index is 13.2. The monoisotopic (exact) mass is 650 g/mol. The van der Waals surface area contributed by atoms with E-state index in [1.54, 1.807) is 44.2 Å². The van der Waals surface area contributed by atoms with Gasteiger partial charge in [-0.25, -0.2) is 4.79 Å². The van der Waals surface area contributed by atoms with Crippen LogP contribution in [0.4, 0.5) is 0 Å². The van der Waals surface area contributed by atoms with Gasteiger partial charge in [0.05, 0.1) is 25.5 Å². The van der Waals surface area contributed by atoms with E-state index < -0.39 is 109 Å². The van der Waals surface area contributed by atoms with Gasteiger partial charge in [-0.15, -0.1) is 0 Å². The highest BCUT2D eigenvalue weighted by Gasteiger charge is 2.33. The summed E-state index contributed by atoms with van der Waals surface area (Å²) in [5.41, 5.74) is 16.3. The third-order valence-corrected chi connectivity index (χ3v) is 6.51. The van der Waals surface area contributed by atoms with E-state index >= 15 is 0 Å². The van der Waals surface area contributed by atoms with Crippen molar-refractivity contribution in [1.82, 2.24) is 26.6 Å². The first kappa shape index (κ1) is 38.9. The van der Waals surface area contributed by atoms with Crippen molar-refractivity contribution in [1.29, 1.82) is 0 Å². The van der Waals surface area contributed by atoms with Gasteiger partial charge in [0.1, 0.15) is 30.2 Å². The third kappa shape index (κ3) is 13.3. The van der Waals surface area contributed by atoms with Crippen LogP contribution in [0.3, 0.4) is 0 Å². The average Bonchev–Trinajstić information content (AvgIpc) is 2.97. The molecular weight excluding hydrogens is 608 g/mol. The van der Waals surface area contributed by atoms with Crippen LogP contribution in [-0.4, -0.2) is 100 Å². The van der Waals surface area contributed by atoms with E-state index in [1.807, 2.05) is 0 Å². The zero-order chi connectivity index (χ0) is 35.1. The summed E-state index contributed by atoms with van der Waals surface area (Å²) in [6.45, 7) is 3.50. The maximum atomic E-state index is 13.2. The highest BCUT2D eigenvalue weighted by Crippen LogP contribution is 2.07. The number of nitrogens with one attached hydrogen (secondary N) is 5. The van der Waals surface area contributed by atoms with Crippen molar-refractivity contribution in [2.24, 2.45) is 23.1 Å². The van der Waals surface area contributed by atoms with E-state index in [9.17, 15) is 48.6 Å². The number of aliphatic hydroxyl groups is 1. The molecule has 0 saturated heterocycles. The Kier molecular flexibility index (Phi) is 15.8. The summed E-state index contributed by atoms with van der Waals surface area (Å²) in [7, 11) is 0. The van der Waals surface area contributed by atoms with Gasteiger partial charge in [0, 0.05) is 6.42 Å². The van der Waals surface area contributed by atoms with Crippen LogP contribution in [0, 0.1) is 5.92 Å². The maximum Gasteiger partial charge on any atom is 0.326 e. The number of carboxylic acid groups (broad SMARTS) is 1. The largest absolute Gasteiger partial charge is 0.480 e. The van der Waals surface area contributed by atoms with Crippen LogP contribution >= 0.6 is 0 Å². The molecule has 0 fully saturated rings. The van der Waals surface area contributed by atoms with Gasteiger partial charge >= 0.3 is 5.97 Å². The molecule has 254 valence electrons. The van der Waals surface area contributed by atoms with Crippen molar-refractivity contribution in [2.45, 2.75) is 76.3 Å². The van der Waals surface area contributed by atoms with Crippen molar-refractivity contribution in [3.05, 3.63) is 35.9 Å². The van der Waals surface area contributed by atoms with Crippen LogP contribution in [0.2, 0.25) is 0 Å². The first-order chi connectivity index (χ1) is 21.5. The molecule has 7 amide bonds. The van der Waals surface area contributed by atoms with Crippen molar-refractivity contribution in [3.8, 4) is 0 Å². The summed E-state index contributed by atoms with van der Waals surface area (Å²) in [5.74, 6) is -8.40. The Bertz CT molecular complexity index is 1280. The predicted molar refractivity (Wildman–Crippen MR) is 161 cm³/mol. The minimum absolute atomic E-state index is 0.0965. The standard InChI is InChI=1S/C28H42N8O10/c1-13(2)22(36-24(41)16(29)10-20(30)38)27(44)35-19(12-37)26(43)33-17(9-15-7-5-4-6-8-15)25(42)32-14(3)23(40)34-18(28(45)46)11-21(31)39/h4-8,13-14,16-19,22,37H,9-12,29H2,1-3H3,(H2,30,38)(H2,31,39)(H,32,42)(H,33,43)(H,34,40)(H,35,44)(H,36,41)(H,45,46). The summed E-state index contributed by atoms with van der Waals surface area (Å²) < 4.78 is 0. The molecule has 13 N–H and O–H groups in total. The SMILES string of the molecule is CC(NC(=O)C(Cc1ccccc1)NC(=O)C(CO)NC(=O)C(NC(=O)C(N)CC(N)=O)C(C)C)C(=O)NC(CC(N)=O)C(=O)O.